The van der Waals surface area contributed by atoms with Gasteiger partial charge >= 0.3 is 5.97 Å². The van der Waals surface area contributed by atoms with E-state index < -0.39 is 5.97 Å². The minimum atomic E-state index is -0.892. The van der Waals surface area contributed by atoms with E-state index in [1.165, 1.54) is 0 Å². The lowest BCUT2D eigenvalue weighted by molar-refractivity contribution is -0.131. The third-order valence-electron chi connectivity index (χ3n) is 11.6. The number of aliphatic carboxylic acids is 1. The number of benzene rings is 4. The van der Waals surface area contributed by atoms with Gasteiger partial charge in [0, 0.05) is 117 Å². The molecule has 400 valence electrons. The Balaban J connectivity index is 0.000000214. The van der Waals surface area contributed by atoms with E-state index in [9.17, 15) is 9.59 Å². The van der Waals surface area contributed by atoms with Crippen molar-refractivity contribution in [3.05, 3.63) is 168 Å². The first-order valence-electron chi connectivity index (χ1n) is 24.1. The molecule has 0 bridgehead atoms. The maximum Gasteiger partial charge on any atom is 0.328 e. The van der Waals surface area contributed by atoms with Gasteiger partial charge in [-0.3, -0.25) is 4.79 Å². The summed E-state index contributed by atoms with van der Waals surface area (Å²) in [6.45, 7) is 2.58. The number of carbonyl (C=O) groups is 2. The number of carbonyl (C=O) groups excluding carboxylic acids is 1. The van der Waals surface area contributed by atoms with Crippen molar-refractivity contribution in [1.29, 1.82) is 0 Å². The minimum absolute atomic E-state index is 0. The van der Waals surface area contributed by atoms with Gasteiger partial charge in [-0.15, -0.1) is 12.4 Å². The summed E-state index contributed by atoms with van der Waals surface area (Å²) in [5.74, 6) is -0.0279. The molecule has 1 amide bonds. The zero-order valence-corrected chi connectivity index (χ0v) is 44.6. The van der Waals surface area contributed by atoms with Gasteiger partial charge in [0.2, 0.25) is 17.8 Å². The van der Waals surface area contributed by atoms with Crippen molar-refractivity contribution in [3.8, 4) is 22.5 Å². The average molecular weight is 1100 g/mol. The molecule has 10 N–H and O–H groups in total. The molecule has 0 aliphatic rings. The zero-order valence-electron chi connectivity index (χ0n) is 42.3. The fourth-order valence-corrected chi connectivity index (χ4v) is 8.48. The lowest BCUT2D eigenvalue weighted by atomic mass is 10.1. The maximum atomic E-state index is 11.9. The van der Waals surface area contributed by atoms with Crippen LogP contribution in [0.5, 0.6) is 0 Å². The van der Waals surface area contributed by atoms with E-state index in [-0.39, 0.29) is 25.7 Å². The number of amides is 1. The van der Waals surface area contributed by atoms with E-state index in [1.807, 2.05) is 135 Å². The molecule has 0 saturated heterocycles. The number of anilines is 4. The lowest BCUT2D eigenvalue weighted by Crippen LogP contribution is -2.24. The molecule has 6 aromatic heterocycles. The molecule has 77 heavy (non-hydrogen) atoms. The molecule has 10 rings (SSSR count). The Hall–Kier alpha value is -8.03. The number of aromatic amines is 4. The number of halogens is 3. The summed E-state index contributed by atoms with van der Waals surface area (Å²) in [5.41, 5.74) is 16.9. The van der Waals surface area contributed by atoms with Crippen molar-refractivity contribution < 1.29 is 14.7 Å². The van der Waals surface area contributed by atoms with Gasteiger partial charge in [0.05, 0.1) is 33.8 Å². The molecule has 6 heterocycles. The van der Waals surface area contributed by atoms with E-state index in [4.69, 9.17) is 39.0 Å². The second-order valence-corrected chi connectivity index (χ2v) is 18.8. The summed E-state index contributed by atoms with van der Waals surface area (Å²) in [4.78, 5) is 57.2. The summed E-state index contributed by atoms with van der Waals surface area (Å²) < 4.78 is 0. The van der Waals surface area contributed by atoms with Gasteiger partial charge in [-0.05, 0) is 100 Å². The van der Waals surface area contributed by atoms with Gasteiger partial charge in [0.25, 0.3) is 0 Å². The molecule has 0 atom stereocenters. The van der Waals surface area contributed by atoms with Crippen LogP contribution in [0.2, 0.25) is 10.0 Å². The third kappa shape index (κ3) is 15.8. The SMILES string of the molecule is C.CN(C)C/C=C/C(=O)NCCc1cc2ccc(Nc3ncc(Cl)c(-c4c[nH]c5ccccc45)n3)cc2[nH]1.CN(C)C/C=C/C(=O)O.Cl.NCCc1cc2ccc(Nc3ncc(Cl)c(-c4c[nH]c5ccccc45)n3)cc2[nH]1. The van der Waals surface area contributed by atoms with Crippen LogP contribution in [0.3, 0.4) is 0 Å². The van der Waals surface area contributed by atoms with Crippen LogP contribution in [-0.2, 0) is 22.4 Å². The van der Waals surface area contributed by atoms with Crippen molar-refractivity contribution in [2.45, 2.75) is 20.3 Å². The number of fused-ring (bicyclic) bond motifs is 4. The third-order valence-corrected chi connectivity index (χ3v) is 12.2. The van der Waals surface area contributed by atoms with Crippen LogP contribution in [0.25, 0.3) is 66.1 Å². The summed E-state index contributed by atoms with van der Waals surface area (Å²) in [7, 11) is 7.69. The van der Waals surface area contributed by atoms with Crippen LogP contribution in [-0.4, -0.2) is 121 Å². The predicted molar refractivity (Wildman–Crippen MR) is 318 cm³/mol. The van der Waals surface area contributed by atoms with Gasteiger partial charge < -0.3 is 56.5 Å². The van der Waals surface area contributed by atoms with Crippen LogP contribution in [0, 0.1) is 0 Å². The summed E-state index contributed by atoms with van der Waals surface area (Å²) in [5, 5.41) is 23.0. The molecule has 10 aromatic rings. The number of para-hydroxylation sites is 2. The van der Waals surface area contributed by atoms with Gasteiger partial charge in [-0.2, -0.15) is 0 Å². The number of aromatic nitrogens is 8. The lowest BCUT2D eigenvalue weighted by Gasteiger charge is -2.08. The molecule has 0 spiro atoms. The molecular weight excluding hydrogens is 1040 g/mol. The van der Waals surface area contributed by atoms with Crippen LogP contribution in [0.4, 0.5) is 23.3 Å². The first-order valence-corrected chi connectivity index (χ1v) is 24.8. The molecule has 20 heteroatoms. The number of carboxylic acids is 1. The Bertz CT molecular complexity index is 3640. The van der Waals surface area contributed by atoms with Crippen LogP contribution in [0.15, 0.2) is 146 Å². The van der Waals surface area contributed by atoms with E-state index in [1.54, 1.807) is 24.5 Å². The Morgan fingerprint density at radius 1 is 0.649 bits per heavy atom. The first kappa shape index (κ1) is 58.2. The Kier molecular flexibility index (Phi) is 20.9. The average Bonchev–Trinajstić information content (AvgIpc) is 4.21. The highest BCUT2D eigenvalue weighted by atomic mass is 35.5. The van der Waals surface area contributed by atoms with Crippen molar-refractivity contribution in [1.82, 2.24) is 55.0 Å². The van der Waals surface area contributed by atoms with Gasteiger partial charge in [0.1, 0.15) is 0 Å². The maximum absolute atomic E-state index is 11.9. The minimum Gasteiger partial charge on any atom is -0.478 e. The Morgan fingerprint density at radius 3 is 1.58 bits per heavy atom. The number of nitrogens with zero attached hydrogens (tertiary/aromatic N) is 6. The molecule has 0 unspecified atom stereocenters. The Morgan fingerprint density at radius 2 is 1.12 bits per heavy atom. The van der Waals surface area contributed by atoms with Crippen molar-refractivity contribution in [2.24, 2.45) is 5.73 Å². The molecule has 0 aliphatic heterocycles. The van der Waals surface area contributed by atoms with Crippen LogP contribution >= 0.6 is 35.6 Å². The largest absolute Gasteiger partial charge is 0.478 e. The van der Waals surface area contributed by atoms with E-state index in [2.05, 4.69) is 69.0 Å². The molecule has 4 aromatic carbocycles. The second-order valence-electron chi connectivity index (χ2n) is 18.0. The van der Waals surface area contributed by atoms with Crippen LogP contribution < -0.4 is 21.7 Å². The van der Waals surface area contributed by atoms with Gasteiger partial charge in [0.15, 0.2) is 0 Å². The summed E-state index contributed by atoms with van der Waals surface area (Å²) in [6, 6.07) is 32.5. The van der Waals surface area contributed by atoms with Crippen molar-refractivity contribution in [3.63, 3.8) is 0 Å². The zero-order chi connectivity index (χ0) is 52.8. The molecule has 17 nitrogen and oxygen atoms in total. The van der Waals surface area contributed by atoms with E-state index >= 15 is 0 Å². The van der Waals surface area contributed by atoms with Gasteiger partial charge in [-0.25, -0.2) is 24.7 Å². The van der Waals surface area contributed by atoms with Crippen molar-refractivity contribution >= 4 is 114 Å². The highest BCUT2D eigenvalue weighted by molar-refractivity contribution is 6.33. The number of nitrogens with two attached hydrogens (primary N) is 1. The number of carboxylic acid groups (broad SMARTS) is 1. The highest BCUT2D eigenvalue weighted by Crippen LogP contribution is 2.35. The number of likely N-dealkylation sites (N-methyl/N-ethyl adjacent to an activating group) is 2. The number of rotatable bonds is 17. The molecule has 0 fully saturated rings. The normalized spacial score (nSPS) is 11.2. The molecule has 0 saturated carbocycles. The molecule has 0 aliphatic carbocycles. The highest BCUT2D eigenvalue weighted by Gasteiger charge is 2.15. The monoisotopic (exact) mass is 1100 g/mol. The van der Waals surface area contributed by atoms with Crippen LogP contribution in [0.1, 0.15) is 18.8 Å². The Labute approximate surface area is 462 Å². The number of nitrogens with one attached hydrogen (secondary N) is 7. The second kappa shape index (κ2) is 27.7. The fourth-order valence-electron chi connectivity index (χ4n) is 8.09. The molecule has 0 radical (unpaired) electrons. The number of H-pyrrole nitrogens is 4. The van der Waals surface area contributed by atoms with E-state index in [0.717, 1.165) is 96.5 Å². The smallest absolute Gasteiger partial charge is 0.328 e. The fraction of sp³-hybridized carbons (Fsp3) is 0.193. The summed E-state index contributed by atoms with van der Waals surface area (Å²) >= 11 is 12.9. The van der Waals surface area contributed by atoms with Gasteiger partial charge in [-0.1, -0.05) is 91.3 Å². The van der Waals surface area contributed by atoms with Crippen molar-refractivity contribution in [2.75, 3.05) is 65.0 Å². The molecular formula is C57H63Cl3N14O3. The number of hydrogen-bond acceptors (Lipinski definition) is 11. The van der Waals surface area contributed by atoms with E-state index in [0.29, 0.717) is 59.4 Å². The quantitative estimate of drug-likeness (QED) is 0.0387. The first-order chi connectivity index (χ1) is 36.3. The predicted octanol–water partition coefficient (Wildman–Crippen LogP) is 11.5. The summed E-state index contributed by atoms with van der Waals surface area (Å²) in [6.07, 6.45) is 14.8. The topological polar surface area (TPSA) is 238 Å². The number of hydrogen-bond donors (Lipinski definition) is 9. The standard InChI is InChI=1S/C28H28ClN7O.C22H19ClN6.C6H11NO2.CH4.ClH/c1-36(2)13-5-8-26(37)30-12-11-20-14-18-9-10-19(15-25(18)33-20)34-28-32-17-23(29)27(35-28)22-16-31-24-7-4-3-6-21(22)24;23-18-12-26-22(29-21(18)17-11-25-19-4-2-1-3-16(17)19)28-14-6-5-13-9-15(7-8-24)27-20(13)10-14;1-7(2)5-3-4-6(8)9;;/h3-10,14-17,31,33H,11-13H2,1-2H3,(H,30,37)(H,32,34,35);1-6,9-12,25,27H,7-8,24H2,(H,26,28,29);3-4H,5H2,1-2H3,(H,8,9);1H4;1H/b8-5+;;4-3+;;.